The van der Waals surface area contributed by atoms with Crippen molar-refractivity contribution in [3.63, 3.8) is 0 Å². The molecule has 0 spiro atoms. The van der Waals surface area contributed by atoms with Crippen LogP contribution in [-0.2, 0) is 0 Å². The van der Waals surface area contributed by atoms with Crippen LogP contribution in [0.1, 0.15) is 30.6 Å². The molecule has 2 aromatic carbocycles. The summed E-state index contributed by atoms with van der Waals surface area (Å²) in [6.45, 7) is 1.95. The molecule has 33 heavy (non-hydrogen) atoms. The van der Waals surface area contributed by atoms with Gasteiger partial charge in [-0.05, 0) is 48.9 Å². The molecule has 4 N–H and O–H groups in total. The van der Waals surface area contributed by atoms with E-state index in [9.17, 15) is 5.11 Å². The summed E-state index contributed by atoms with van der Waals surface area (Å²) < 4.78 is 10.7. The molecule has 1 unspecified atom stereocenters. The number of rotatable bonds is 7. The second-order valence-electron chi connectivity index (χ2n) is 7.78. The maximum absolute atomic E-state index is 10.8. The van der Waals surface area contributed by atoms with Crippen LogP contribution in [0.2, 0.25) is 0 Å². The zero-order chi connectivity index (χ0) is 22.9. The highest BCUT2D eigenvalue weighted by atomic mass is 16.5. The van der Waals surface area contributed by atoms with Crippen LogP contribution in [-0.4, -0.2) is 44.5 Å². The first-order chi connectivity index (χ1) is 16.1. The van der Waals surface area contributed by atoms with Gasteiger partial charge in [0.05, 0.1) is 30.8 Å². The van der Waals surface area contributed by atoms with E-state index in [-0.39, 0.29) is 6.04 Å². The molecule has 0 aliphatic carbocycles. The zero-order valence-electron chi connectivity index (χ0n) is 18.5. The summed E-state index contributed by atoms with van der Waals surface area (Å²) >= 11 is 0. The Morgan fingerprint density at radius 1 is 0.970 bits per heavy atom. The number of pyridine rings is 1. The number of nitrogens with one attached hydrogen (secondary N) is 3. The van der Waals surface area contributed by atoms with E-state index in [1.54, 1.807) is 26.6 Å². The molecule has 0 aliphatic heterocycles. The van der Waals surface area contributed by atoms with Gasteiger partial charge in [-0.3, -0.25) is 15.4 Å². The van der Waals surface area contributed by atoms with Gasteiger partial charge in [0.25, 0.3) is 0 Å². The summed E-state index contributed by atoms with van der Waals surface area (Å²) in [7, 11) is 3.22. The molecule has 0 saturated heterocycles. The van der Waals surface area contributed by atoms with Crippen molar-refractivity contribution in [2.75, 3.05) is 14.2 Å². The Balaban J connectivity index is 1.43. The van der Waals surface area contributed by atoms with Gasteiger partial charge in [-0.2, -0.15) is 5.10 Å². The van der Waals surface area contributed by atoms with Gasteiger partial charge >= 0.3 is 0 Å². The molecular formula is C24H24N6O3. The molecule has 5 rings (SSSR count). The third kappa shape index (κ3) is 3.99. The molecule has 0 bridgehead atoms. The number of aliphatic hydroxyl groups is 1. The Kier molecular flexibility index (Phi) is 5.41. The van der Waals surface area contributed by atoms with E-state index in [1.165, 1.54) is 0 Å². The van der Waals surface area contributed by atoms with Gasteiger partial charge in [0.1, 0.15) is 17.2 Å². The van der Waals surface area contributed by atoms with E-state index in [4.69, 9.17) is 9.47 Å². The predicted octanol–water partition coefficient (Wildman–Crippen LogP) is 3.86. The summed E-state index contributed by atoms with van der Waals surface area (Å²) in [5, 5.41) is 22.5. The van der Waals surface area contributed by atoms with Gasteiger partial charge < -0.3 is 19.6 Å². The van der Waals surface area contributed by atoms with Crippen LogP contribution in [0.4, 0.5) is 0 Å². The highest BCUT2D eigenvalue weighted by molar-refractivity contribution is 6.00. The van der Waals surface area contributed by atoms with E-state index < -0.39 is 6.23 Å². The van der Waals surface area contributed by atoms with Gasteiger partial charge in [0.15, 0.2) is 12.1 Å². The number of nitrogens with zero attached hydrogens (tertiary/aromatic N) is 3. The molecule has 9 nitrogen and oxygen atoms in total. The molecule has 0 aliphatic rings. The fraction of sp³-hybridized carbons (Fsp3) is 0.208. The van der Waals surface area contributed by atoms with Crippen LogP contribution < -0.4 is 14.8 Å². The summed E-state index contributed by atoms with van der Waals surface area (Å²) in [6, 6.07) is 13.2. The average Bonchev–Trinajstić information content (AvgIpc) is 3.46. The summed E-state index contributed by atoms with van der Waals surface area (Å²) in [4.78, 5) is 11.9. The number of aliphatic hydroxyl groups excluding tert-OH is 1. The quantitative estimate of drug-likeness (QED) is 0.281. The SMILES string of the molecule is COc1cc(OC)cc([C@@H](C)NC(O)c2nc3cc4c(-c5ccncc5)n[nH]c4cc3[nH]2)c1. The molecule has 5 aromatic rings. The zero-order valence-corrected chi connectivity index (χ0v) is 18.5. The van der Waals surface area contributed by atoms with E-state index in [0.717, 1.165) is 38.8 Å². The maximum atomic E-state index is 10.8. The van der Waals surface area contributed by atoms with Gasteiger partial charge in [0.2, 0.25) is 0 Å². The molecule has 0 saturated carbocycles. The van der Waals surface area contributed by atoms with E-state index in [1.807, 2.05) is 49.4 Å². The lowest BCUT2D eigenvalue weighted by atomic mass is 10.1. The fourth-order valence-electron chi connectivity index (χ4n) is 3.89. The molecule has 3 heterocycles. The Labute approximate surface area is 189 Å². The number of aromatic nitrogens is 5. The van der Waals surface area contributed by atoms with Crippen LogP contribution in [0.3, 0.4) is 0 Å². The molecular weight excluding hydrogens is 420 g/mol. The first kappa shape index (κ1) is 20.9. The van der Waals surface area contributed by atoms with Crippen molar-refractivity contribution in [3.05, 3.63) is 66.2 Å². The molecule has 2 atom stereocenters. The van der Waals surface area contributed by atoms with Crippen LogP contribution in [0.5, 0.6) is 11.5 Å². The largest absolute Gasteiger partial charge is 0.497 e. The van der Waals surface area contributed by atoms with Gasteiger partial charge in [-0.15, -0.1) is 0 Å². The number of ether oxygens (including phenoxy) is 2. The van der Waals surface area contributed by atoms with Crippen molar-refractivity contribution in [1.82, 2.24) is 30.5 Å². The minimum Gasteiger partial charge on any atom is -0.497 e. The number of methoxy groups -OCH3 is 2. The van der Waals surface area contributed by atoms with Crippen molar-refractivity contribution in [1.29, 1.82) is 0 Å². The lowest BCUT2D eigenvalue weighted by Gasteiger charge is -2.19. The Bertz CT molecular complexity index is 1390. The predicted molar refractivity (Wildman–Crippen MR) is 125 cm³/mol. The molecule has 9 heteroatoms. The maximum Gasteiger partial charge on any atom is 0.164 e. The lowest BCUT2D eigenvalue weighted by Crippen LogP contribution is -2.25. The number of fused-ring (bicyclic) bond motifs is 2. The van der Waals surface area contributed by atoms with Crippen LogP contribution in [0.15, 0.2) is 54.9 Å². The van der Waals surface area contributed by atoms with E-state index in [2.05, 4.69) is 30.5 Å². The smallest absolute Gasteiger partial charge is 0.164 e. The molecule has 3 aromatic heterocycles. The first-order valence-electron chi connectivity index (χ1n) is 10.5. The summed E-state index contributed by atoms with van der Waals surface area (Å²) in [5.41, 5.74) is 5.14. The average molecular weight is 444 g/mol. The minimum absolute atomic E-state index is 0.186. The number of hydrogen-bond donors (Lipinski definition) is 4. The van der Waals surface area contributed by atoms with E-state index >= 15 is 0 Å². The monoisotopic (exact) mass is 444 g/mol. The fourth-order valence-corrected chi connectivity index (χ4v) is 3.89. The number of H-pyrrole nitrogens is 2. The van der Waals surface area contributed by atoms with Crippen molar-refractivity contribution in [3.8, 4) is 22.8 Å². The molecule has 0 amide bonds. The Morgan fingerprint density at radius 3 is 2.39 bits per heavy atom. The van der Waals surface area contributed by atoms with Crippen molar-refractivity contribution >= 4 is 21.9 Å². The minimum atomic E-state index is -0.999. The van der Waals surface area contributed by atoms with Crippen molar-refractivity contribution in [2.24, 2.45) is 0 Å². The molecule has 0 fully saturated rings. The summed E-state index contributed by atoms with van der Waals surface area (Å²) in [5.74, 6) is 1.80. The highest BCUT2D eigenvalue weighted by Crippen LogP contribution is 2.30. The van der Waals surface area contributed by atoms with E-state index in [0.29, 0.717) is 17.3 Å². The highest BCUT2D eigenvalue weighted by Gasteiger charge is 2.19. The Hall–Kier alpha value is -3.95. The van der Waals surface area contributed by atoms with Crippen LogP contribution >= 0.6 is 0 Å². The van der Waals surface area contributed by atoms with Crippen molar-refractivity contribution in [2.45, 2.75) is 19.2 Å². The number of aromatic amines is 2. The third-order valence-electron chi connectivity index (χ3n) is 5.68. The van der Waals surface area contributed by atoms with Crippen LogP contribution in [0, 0.1) is 0 Å². The standard InChI is InChI=1S/C24H24N6O3/c1-13(15-8-16(32-2)10-17(9-15)33-3)26-24(31)23-27-20-11-18-19(12-21(20)28-23)29-30-22(18)14-4-6-25-7-5-14/h4-13,24,26,31H,1-3H3,(H,27,28)(H,29,30)/t13-,24?/m1/s1. The normalized spacial score (nSPS) is 13.3. The third-order valence-corrected chi connectivity index (χ3v) is 5.68. The Morgan fingerprint density at radius 2 is 1.70 bits per heavy atom. The lowest BCUT2D eigenvalue weighted by molar-refractivity contribution is 0.118. The first-order valence-corrected chi connectivity index (χ1v) is 10.5. The topological polar surface area (TPSA) is 121 Å². The summed E-state index contributed by atoms with van der Waals surface area (Å²) in [6.07, 6.45) is 2.48. The molecule has 0 radical (unpaired) electrons. The molecule has 168 valence electrons. The number of hydrogen-bond acceptors (Lipinski definition) is 7. The number of benzene rings is 2. The van der Waals surface area contributed by atoms with Gasteiger partial charge in [-0.25, -0.2) is 4.98 Å². The van der Waals surface area contributed by atoms with Crippen molar-refractivity contribution < 1.29 is 14.6 Å². The van der Waals surface area contributed by atoms with Crippen LogP contribution in [0.25, 0.3) is 33.2 Å². The van der Waals surface area contributed by atoms with Gasteiger partial charge in [-0.1, -0.05) is 0 Å². The second-order valence-corrected chi connectivity index (χ2v) is 7.78. The van der Waals surface area contributed by atoms with Gasteiger partial charge in [0, 0.05) is 35.5 Å². The number of imidazole rings is 1. The second kappa shape index (κ2) is 8.53.